The summed E-state index contributed by atoms with van der Waals surface area (Å²) in [5, 5.41) is 19.9. The summed E-state index contributed by atoms with van der Waals surface area (Å²) >= 11 is 2.83. The Morgan fingerprint density at radius 3 is 2.22 bits per heavy atom. The number of aliphatic hydroxyl groups excluding tert-OH is 2. The minimum absolute atomic E-state index is 0.0800. The Hall–Kier alpha value is -2.61. The number of nitrogens with two attached hydrogens (primary N) is 1. The molecule has 1 amide bonds. The zero-order valence-electron chi connectivity index (χ0n) is 12.1. The lowest BCUT2D eigenvalue weighted by Crippen LogP contribution is -2.26. The van der Waals surface area contributed by atoms with Gasteiger partial charge in [-0.1, -0.05) is 30.3 Å². The Bertz CT molecular complexity index is 693. The number of ketones is 1. The maximum atomic E-state index is 12.1. The van der Waals surface area contributed by atoms with Gasteiger partial charge in [-0.25, -0.2) is 4.79 Å². The Labute approximate surface area is 140 Å². The first-order chi connectivity index (χ1) is 10.8. The van der Waals surface area contributed by atoms with E-state index >= 15 is 0 Å². The summed E-state index contributed by atoms with van der Waals surface area (Å²) in [6.07, 6.45) is 0. The Balaban J connectivity index is 3.31. The van der Waals surface area contributed by atoms with E-state index < -0.39 is 39.2 Å². The second kappa shape index (κ2) is 8.14. The van der Waals surface area contributed by atoms with E-state index in [-0.39, 0.29) is 12.2 Å². The highest BCUT2D eigenvalue weighted by molar-refractivity contribution is 9.12. The van der Waals surface area contributed by atoms with E-state index in [2.05, 4.69) is 20.7 Å². The van der Waals surface area contributed by atoms with Crippen LogP contribution in [0.25, 0.3) is 5.76 Å². The quantitative estimate of drug-likeness (QED) is 0.225. The van der Waals surface area contributed by atoms with Crippen LogP contribution in [-0.4, -0.2) is 34.5 Å². The van der Waals surface area contributed by atoms with Gasteiger partial charge in [0.05, 0.1) is 6.61 Å². The minimum Gasteiger partial charge on any atom is -0.506 e. The molecule has 122 valence electrons. The second-order valence-corrected chi connectivity index (χ2v) is 4.96. The number of hydrogen-bond acceptors (Lipinski definition) is 6. The number of benzene rings is 1. The van der Waals surface area contributed by atoms with Crippen molar-refractivity contribution in [2.24, 2.45) is 5.73 Å². The number of aliphatic hydroxyl groups is 2. The van der Waals surface area contributed by atoms with Crippen LogP contribution in [0.15, 0.2) is 46.1 Å². The normalized spacial score (nSPS) is 12.8. The van der Waals surface area contributed by atoms with Gasteiger partial charge in [-0.3, -0.25) is 9.59 Å². The predicted octanol–water partition coefficient (Wildman–Crippen LogP) is 1.74. The Morgan fingerprint density at radius 2 is 1.74 bits per heavy atom. The smallest absolute Gasteiger partial charge is 0.347 e. The number of amides is 1. The molecule has 0 aliphatic rings. The topological polar surface area (TPSA) is 127 Å². The number of carbonyl (C=O) groups excluding carboxylic acids is 3. The van der Waals surface area contributed by atoms with E-state index in [1.807, 2.05) is 0 Å². The summed E-state index contributed by atoms with van der Waals surface area (Å²) < 4.78 is 4.12. The number of rotatable bonds is 6. The molecule has 0 saturated carbocycles. The summed E-state index contributed by atoms with van der Waals surface area (Å²) in [4.78, 5) is 35.0. The molecule has 0 aromatic heterocycles. The highest BCUT2D eigenvalue weighted by Crippen LogP contribution is 2.24. The maximum absolute atomic E-state index is 12.1. The zero-order valence-corrected chi connectivity index (χ0v) is 13.7. The largest absolute Gasteiger partial charge is 0.506 e. The van der Waals surface area contributed by atoms with Gasteiger partial charge in [0, 0.05) is 5.56 Å². The highest BCUT2D eigenvalue weighted by atomic mass is 79.9. The number of esters is 1. The van der Waals surface area contributed by atoms with E-state index in [0.717, 1.165) is 0 Å². The summed E-state index contributed by atoms with van der Waals surface area (Å²) in [6.45, 7) is 1.40. The average molecular weight is 384 g/mol. The molecule has 23 heavy (non-hydrogen) atoms. The van der Waals surface area contributed by atoms with E-state index in [9.17, 15) is 24.6 Å². The van der Waals surface area contributed by atoms with Crippen LogP contribution in [0.2, 0.25) is 0 Å². The average Bonchev–Trinajstić information content (AvgIpc) is 2.53. The number of halogens is 1. The summed E-state index contributed by atoms with van der Waals surface area (Å²) in [5.74, 6) is -5.44. The molecular formula is C15H14BrNO6. The van der Waals surface area contributed by atoms with Gasteiger partial charge in [-0.15, -0.1) is 0 Å². The summed E-state index contributed by atoms with van der Waals surface area (Å²) in [7, 11) is 0. The molecule has 0 unspecified atom stereocenters. The number of primary amides is 1. The molecule has 0 atom stereocenters. The second-order valence-electron chi connectivity index (χ2n) is 4.17. The Morgan fingerprint density at radius 1 is 1.17 bits per heavy atom. The van der Waals surface area contributed by atoms with Gasteiger partial charge in [0.2, 0.25) is 5.78 Å². The van der Waals surface area contributed by atoms with Gasteiger partial charge in [0.1, 0.15) is 10.2 Å². The van der Waals surface area contributed by atoms with Crippen molar-refractivity contribution in [1.29, 1.82) is 0 Å². The fraction of sp³-hybridized carbons (Fsp3) is 0.133. The lowest BCUT2D eigenvalue weighted by Gasteiger charge is -2.08. The molecule has 0 aliphatic heterocycles. The van der Waals surface area contributed by atoms with Crippen LogP contribution in [0.3, 0.4) is 0 Å². The molecule has 1 rings (SSSR count). The van der Waals surface area contributed by atoms with Crippen molar-refractivity contribution < 1.29 is 29.3 Å². The van der Waals surface area contributed by atoms with Gasteiger partial charge >= 0.3 is 5.97 Å². The van der Waals surface area contributed by atoms with Crippen LogP contribution in [0.1, 0.15) is 12.5 Å². The van der Waals surface area contributed by atoms with Gasteiger partial charge in [0.15, 0.2) is 11.3 Å². The molecule has 8 heteroatoms. The molecule has 4 N–H and O–H groups in total. The molecule has 0 fully saturated rings. The number of carbonyl (C=O) groups is 3. The highest BCUT2D eigenvalue weighted by Gasteiger charge is 2.29. The molecule has 7 nitrogen and oxygen atoms in total. The van der Waals surface area contributed by atoms with Crippen molar-refractivity contribution in [3.05, 3.63) is 51.7 Å². The van der Waals surface area contributed by atoms with Crippen LogP contribution >= 0.6 is 15.9 Å². The first-order valence-electron chi connectivity index (χ1n) is 6.40. The van der Waals surface area contributed by atoms with Gasteiger partial charge in [0.25, 0.3) is 5.91 Å². The number of ether oxygens (including phenoxy) is 1. The number of allylic oxidation sites excluding steroid dienone is 1. The van der Waals surface area contributed by atoms with Crippen molar-refractivity contribution in [2.45, 2.75) is 6.92 Å². The first-order valence-corrected chi connectivity index (χ1v) is 7.19. The fourth-order valence-corrected chi connectivity index (χ4v) is 1.98. The minimum atomic E-state index is -1.33. The van der Waals surface area contributed by atoms with Crippen LogP contribution in [-0.2, 0) is 19.1 Å². The van der Waals surface area contributed by atoms with Crippen molar-refractivity contribution in [2.75, 3.05) is 6.61 Å². The van der Waals surface area contributed by atoms with Crippen molar-refractivity contribution in [1.82, 2.24) is 0 Å². The molecule has 1 aromatic carbocycles. The van der Waals surface area contributed by atoms with E-state index in [1.165, 1.54) is 19.1 Å². The van der Waals surface area contributed by atoms with Crippen LogP contribution in [0.5, 0.6) is 0 Å². The first kappa shape index (κ1) is 18.4. The Kier molecular flexibility index (Phi) is 6.52. The number of Topliss-reactive ketones (excluding diaryl/α,β-unsaturated/α-hetero) is 1. The maximum Gasteiger partial charge on any atom is 0.347 e. The lowest BCUT2D eigenvalue weighted by atomic mass is 10.1. The van der Waals surface area contributed by atoms with Crippen LogP contribution in [0.4, 0.5) is 0 Å². The van der Waals surface area contributed by atoms with Gasteiger partial charge in [-0.05, 0) is 22.9 Å². The van der Waals surface area contributed by atoms with Crippen molar-refractivity contribution in [3.8, 4) is 0 Å². The van der Waals surface area contributed by atoms with E-state index in [1.54, 1.807) is 18.2 Å². The fourth-order valence-electron chi connectivity index (χ4n) is 1.56. The lowest BCUT2D eigenvalue weighted by molar-refractivity contribution is -0.140. The van der Waals surface area contributed by atoms with E-state index in [0.29, 0.717) is 0 Å². The molecule has 0 spiro atoms. The molecule has 0 saturated heterocycles. The van der Waals surface area contributed by atoms with Crippen LogP contribution in [0, 0.1) is 0 Å². The third-order valence-electron chi connectivity index (χ3n) is 2.63. The van der Waals surface area contributed by atoms with Gasteiger partial charge < -0.3 is 20.7 Å². The SMILES string of the molecule is CCOC(=O)/C(C(N)=O)=C(\O)C(=O)C(Br)=C(O)c1ccccc1. The molecule has 0 bridgehead atoms. The van der Waals surface area contributed by atoms with E-state index in [4.69, 9.17) is 5.73 Å². The molecule has 1 aromatic rings. The molecule has 0 radical (unpaired) electrons. The summed E-state index contributed by atoms with van der Waals surface area (Å²) in [6, 6.07) is 7.99. The van der Waals surface area contributed by atoms with Crippen molar-refractivity contribution in [3.63, 3.8) is 0 Å². The summed E-state index contributed by atoms with van der Waals surface area (Å²) in [5.41, 5.74) is 4.29. The standard InChI is InChI=1S/C15H14BrNO6/c1-2-23-15(22)9(14(17)21)12(19)13(20)10(16)11(18)8-6-4-3-5-7-8/h3-7,18-19H,2H2,1H3,(H2,17,21)/b11-10?,12-9-. The molecular weight excluding hydrogens is 370 g/mol. The number of hydrogen-bond donors (Lipinski definition) is 3. The molecule has 0 aliphatic carbocycles. The monoisotopic (exact) mass is 383 g/mol. The van der Waals surface area contributed by atoms with Crippen LogP contribution < -0.4 is 5.73 Å². The third-order valence-corrected chi connectivity index (χ3v) is 3.37. The third kappa shape index (κ3) is 4.43. The predicted molar refractivity (Wildman–Crippen MR) is 85.4 cm³/mol. The van der Waals surface area contributed by atoms with Crippen molar-refractivity contribution >= 4 is 39.3 Å². The zero-order chi connectivity index (χ0) is 17.6. The van der Waals surface area contributed by atoms with Gasteiger partial charge in [-0.2, -0.15) is 0 Å². The molecule has 0 heterocycles.